The van der Waals surface area contributed by atoms with Crippen LogP contribution in [0.1, 0.15) is 24.1 Å². The molecule has 0 heterocycles. The fourth-order valence-corrected chi connectivity index (χ4v) is 2.48. The number of nitrogens with one attached hydrogen (secondary N) is 1. The predicted octanol–water partition coefficient (Wildman–Crippen LogP) is 5.22. The summed E-state index contributed by atoms with van der Waals surface area (Å²) < 4.78 is 32.6. The molecule has 0 saturated carbocycles. The number of anilines is 1. The Balaban J connectivity index is 2.32. The monoisotopic (exact) mass is 355 g/mol. The van der Waals surface area contributed by atoms with Crippen LogP contribution in [0.25, 0.3) is 0 Å². The summed E-state index contributed by atoms with van der Waals surface area (Å²) in [5.74, 6) is -0.532. The molecule has 0 radical (unpaired) electrons. The van der Waals surface area contributed by atoms with Crippen molar-refractivity contribution >= 4 is 21.6 Å². The summed E-state index contributed by atoms with van der Waals surface area (Å²) in [4.78, 5) is 0. The number of halogens is 3. The minimum atomic E-state index is -0.630. The zero-order valence-electron chi connectivity index (χ0n) is 12.0. The van der Waals surface area contributed by atoms with Crippen LogP contribution in [0, 0.1) is 18.6 Å². The molecule has 1 N–H and O–H groups in total. The normalized spacial score (nSPS) is 12.1. The molecule has 2 aromatic carbocycles. The summed E-state index contributed by atoms with van der Waals surface area (Å²) in [6.07, 6.45) is 0. The van der Waals surface area contributed by atoms with Crippen molar-refractivity contribution in [2.45, 2.75) is 19.9 Å². The van der Waals surface area contributed by atoms with Crippen LogP contribution in [0.5, 0.6) is 5.75 Å². The second kappa shape index (κ2) is 6.43. The maximum Gasteiger partial charge on any atom is 0.149 e. The van der Waals surface area contributed by atoms with Crippen molar-refractivity contribution in [1.29, 1.82) is 0 Å². The standard InChI is InChI=1S/C16H16BrF2NO/c1-9-4-5-16(21-3)11(6-9)10(2)20-15-7-12(17)13(18)8-14(15)19/h4-8,10,20H,1-3H3. The third-order valence-corrected chi connectivity index (χ3v) is 3.84. The Hall–Kier alpha value is -1.62. The van der Waals surface area contributed by atoms with Crippen molar-refractivity contribution in [1.82, 2.24) is 0 Å². The van der Waals surface area contributed by atoms with Gasteiger partial charge in [0.25, 0.3) is 0 Å². The van der Waals surface area contributed by atoms with E-state index in [9.17, 15) is 8.78 Å². The van der Waals surface area contributed by atoms with Gasteiger partial charge in [-0.15, -0.1) is 0 Å². The summed E-state index contributed by atoms with van der Waals surface area (Å²) in [7, 11) is 1.59. The van der Waals surface area contributed by atoms with E-state index in [4.69, 9.17) is 4.74 Å². The molecule has 1 unspecified atom stereocenters. The molecule has 0 saturated heterocycles. The molecule has 0 aliphatic carbocycles. The van der Waals surface area contributed by atoms with Gasteiger partial charge in [0.2, 0.25) is 0 Å². The second-order valence-corrected chi connectivity index (χ2v) is 5.71. The van der Waals surface area contributed by atoms with Crippen LogP contribution in [0.15, 0.2) is 34.8 Å². The molecule has 0 aliphatic heterocycles. The topological polar surface area (TPSA) is 21.3 Å². The molecule has 0 spiro atoms. The molecule has 0 bridgehead atoms. The zero-order valence-corrected chi connectivity index (χ0v) is 13.6. The van der Waals surface area contributed by atoms with E-state index in [0.717, 1.165) is 22.9 Å². The van der Waals surface area contributed by atoms with E-state index < -0.39 is 11.6 Å². The Labute approximate surface area is 131 Å². The van der Waals surface area contributed by atoms with E-state index in [1.165, 1.54) is 6.07 Å². The highest BCUT2D eigenvalue weighted by Gasteiger charge is 2.15. The summed E-state index contributed by atoms with van der Waals surface area (Å²) in [6.45, 7) is 3.87. The van der Waals surface area contributed by atoms with Crippen molar-refractivity contribution in [3.05, 3.63) is 57.6 Å². The Morgan fingerprint density at radius 1 is 1.14 bits per heavy atom. The number of hydrogen-bond donors (Lipinski definition) is 1. The van der Waals surface area contributed by atoms with E-state index in [0.29, 0.717) is 0 Å². The molecular formula is C16H16BrF2NO. The molecule has 21 heavy (non-hydrogen) atoms. The van der Waals surface area contributed by atoms with Gasteiger partial charge < -0.3 is 10.1 Å². The first kappa shape index (κ1) is 15.8. The molecule has 112 valence electrons. The summed E-state index contributed by atoms with van der Waals surface area (Å²) in [5, 5.41) is 3.04. The third kappa shape index (κ3) is 3.53. The summed E-state index contributed by atoms with van der Waals surface area (Å²) >= 11 is 3.06. The second-order valence-electron chi connectivity index (χ2n) is 4.86. The molecule has 5 heteroatoms. The lowest BCUT2D eigenvalue weighted by Crippen LogP contribution is -2.10. The average Bonchev–Trinajstić information content (AvgIpc) is 2.44. The van der Waals surface area contributed by atoms with Crippen LogP contribution in [0.4, 0.5) is 14.5 Å². The lowest BCUT2D eigenvalue weighted by atomic mass is 10.0. The number of benzene rings is 2. The highest BCUT2D eigenvalue weighted by atomic mass is 79.9. The fraction of sp³-hybridized carbons (Fsp3) is 0.250. The zero-order chi connectivity index (χ0) is 15.6. The van der Waals surface area contributed by atoms with Crippen LogP contribution >= 0.6 is 15.9 Å². The van der Waals surface area contributed by atoms with Crippen molar-refractivity contribution in [2.24, 2.45) is 0 Å². The molecule has 0 amide bonds. The number of rotatable bonds is 4. The molecule has 1 atom stereocenters. The van der Waals surface area contributed by atoms with Crippen LogP contribution in [0.2, 0.25) is 0 Å². The Kier molecular flexibility index (Phi) is 4.83. The number of hydrogen-bond acceptors (Lipinski definition) is 2. The van der Waals surface area contributed by atoms with Crippen molar-refractivity contribution in [2.75, 3.05) is 12.4 Å². The highest BCUT2D eigenvalue weighted by molar-refractivity contribution is 9.10. The fourth-order valence-electron chi connectivity index (χ4n) is 2.14. The molecule has 0 fully saturated rings. The van der Waals surface area contributed by atoms with Gasteiger partial charge in [0, 0.05) is 11.6 Å². The van der Waals surface area contributed by atoms with Gasteiger partial charge in [-0.25, -0.2) is 8.78 Å². The van der Waals surface area contributed by atoms with Gasteiger partial charge in [-0.05, 0) is 41.9 Å². The Morgan fingerprint density at radius 2 is 1.86 bits per heavy atom. The third-order valence-electron chi connectivity index (χ3n) is 3.23. The highest BCUT2D eigenvalue weighted by Crippen LogP contribution is 2.31. The van der Waals surface area contributed by atoms with Gasteiger partial charge in [0.15, 0.2) is 0 Å². The quantitative estimate of drug-likeness (QED) is 0.759. The smallest absolute Gasteiger partial charge is 0.149 e. The largest absolute Gasteiger partial charge is 0.496 e. The number of aryl methyl sites for hydroxylation is 1. The van der Waals surface area contributed by atoms with E-state index in [-0.39, 0.29) is 16.2 Å². The van der Waals surface area contributed by atoms with Crippen molar-refractivity contribution in [3.63, 3.8) is 0 Å². The first-order chi connectivity index (χ1) is 9.92. The van der Waals surface area contributed by atoms with Crippen LogP contribution in [-0.2, 0) is 0 Å². The molecule has 0 aliphatic rings. The SMILES string of the molecule is COc1ccc(C)cc1C(C)Nc1cc(Br)c(F)cc1F. The minimum absolute atomic E-state index is 0.188. The first-order valence-electron chi connectivity index (χ1n) is 6.48. The van der Waals surface area contributed by atoms with E-state index in [1.54, 1.807) is 7.11 Å². The molecular weight excluding hydrogens is 340 g/mol. The van der Waals surface area contributed by atoms with Crippen LogP contribution in [-0.4, -0.2) is 7.11 Å². The van der Waals surface area contributed by atoms with Crippen LogP contribution in [0.3, 0.4) is 0 Å². The maximum atomic E-state index is 13.8. The van der Waals surface area contributed by atoms with Crippen molar-refractivity contribution < 1.29 is 13.5 Å². The molecule has 0 aromatic heterocycles. The lowest BCUT2D eigenvalue weighted by molar-refractivity contribution is 0.407. The van der Waals surface area contributed by atoms with Gasteiger partial charge in [-0.1, -0.05) is 17.7 Å². The Morgan fingerprint density at radius 3 is 2.52 bits per heavy atom. The van der Waals surface area contributed by atoms with Gasteiger partial charge in [0.1, 0.15) is 17.4 Å². The maximum absolute atomic E-state index is 13.8. The number of ether oxygens (including phenoxy) is 1. The average molecular weight is 356 g/mol. The predicted molar refractivity (Wildman–Crippen MR) is 83.8 cm³/mol. The Bertz CT molecular complexity index is 661. The molecule has 2 nitrogen and oxygen atoms in total. The lowest BCUT2D eigenvalue weighted by Gasteiger charge is -2.19. The van der Waals surface area contributed by atoms with Crippen LogP contribution < -0.4 is 10.1 Å². The number of methoxy groups -OCH3 is 1. The minimum Gasteiger partial charge on any atom is -0.496 e. The molecule has 2 rings (SSSR count). The summed E-state index contributed by atoms with van der Waals surface area (Å²) in [6, 6.07) is 7.86. The van der Waals surface area contributed by atoms with Gasteiger partial charge in [-0.3, -0.25) is 0 Å². The van der Waals surface area contributed by atoms with Gasteiger partial charge in [-0.2, -0.15) is 0 Å². The first-order valence-corrected chi connectivity index (χ1v) is 7.27. The van der Waals surface area contributed by atoms with Gasteiger partial charge >= 0.3 is 0 Å². The molecule has 2 aromatic rings. The van der Waals surface area contributed by atoms with Crippen molar-refractivity contribution in [3.8, 4) is 5.75 Å². The van der Waals surface area contributed by atoms with E-state index >= 15 is 0 Å². The van der Waals surface area contributed by atoms with E-state index in [1.807, 2.05) is 32.0 Å². The van der Waals surface area contributed by atoms with Gasteiger partial charge in [0.05, 0.1) is 23.3 Å². The summed E-state index contributed by atoms with van der Waals surface area (Å²) in [5.41, 5.74) is 2.23. The van der Waals surface area contributed by atoms with E-state index in [2.05, 4.69) is 21.2 Å².